The predicted octanol–water partition coefficient (Wildman–Crippen LogP) is 2.98. The van der Waals surface area contributed by atoms with Crippen LogP contribution in [0.5, 0.6) is 5.75 Å². The van der Waals surface area contributed by atoms with Crippen LogP contribution < -0.4 is 9.64 Å². The molecule has 0 spiro atoms. The Balaban J connectivity index is 1.69. The number of carbonyl (C=O) groups excluding carboxylic acids is 2. The largest absolute Gasteiger partial charge is 0.497 e. The van der Waals surface area contributed by atoms with E-state index < -0.39 is 0 Å². The number of ether oxygens (including phenoxy) is 1. The molecule has 0 radical (unpaired) electrons. The Morgan fingerprint density at radius 2 is 1.50 bits per heavy atom. The number of anilines is 1. The van der Waals surface area contributed by atoms with Gasteiger partial charge in [0.2, 0.25) is 11.8 Å². The van der Waals surface area contributed by atoms with E-state index in [4.69, 9.17) is 4.74 Å². The molecule has 2 aliphatic carbocycles. The third-order valence-electron chi connectivity index (χ3n) is 5.32. The highest BCUT2D eigenvalue weighted by Crippen LogP contribution is 2.60. The average Bonchev–Trinajstić information content (AvgIpc) is 3.13. The molecule has 1 saturated heterocycles. The number of nitrogens with zero attached hydrogens (tertiary/aromatic N) is 1. The van der Waals surface area contributed by atoms with Crippen molar-refractivity contribution in [3.05, 3.63) is 24.3 Å². The number of imide groups is 1. The first-order valence-electron chi connectivity index (χ1n) is 7.34. The summed E-state index contributed by atoms with van der Waals surface area (Å²) in [5.41, 5.74) is 0.641. The molecule has 0 aromatic heterocycles. The zero-order valence-electron chi connectivity index (χ0n) is 11.9. The lowest BCUT2D eigenvalue weighted by molar-refractivity contribution is -0.123. The average molecular weight is 429 g/mol. The van der Waals surface area contributed by atoms with E-state index in [1.54, 1.807) is 31.4 Å². The van der Waals surface area contributed by atoms with Gasteiger partial charge in [0.1, 0.15) is 5.75 Å². The van der Waals surface area contributed by atoms with Crippen molar-refractivity contribution in [3.8, 4) is 5.75 Å². The molecular weight excluding hydrogens is 414 g/mol. The van der Waals surface area contributed by atoms with Gasteiger partial charge in [0.15, 0.2) is 0 Å². The molecule has 22 heavy (non-hydrogen) atoms. The Morgan fingerprint density at radius 3 is 1.95 bits per heavy atom. The van der Waals surface area contributed by atoms with Gasteiger partial charge in [-0.25, -0.2) is 0 Å². The van der Waals surface area contributed by atoms with Crippen molar-refractivity contribution in [1.82, 2.24) is 0 Å². The number of rotatable bonds is 2. The minimum atomic E-state index is -0.169. The van der Waals surface area contributed by atoms with Crippen molar-refractivity contribution < 1.29 is 14.3 Å². The van der Waals surface area contributed by atoms with E-state index in [1.165, 1.54) is 4.90 Å². The number of carbonyl (C=O) groups is 2. The van der Waals surface area contributed by atoms with Crippen LogP contribution in [0.1, 0.15) is 6.42 Å². The molecular formula is C16H15Br2NO3. The van der Waals surface area contributed by atoms with Gasteiger partial charge in [-0.1, -0.05) is 31.9 Å². The number of benzene rings is 1. The van der Waals surface area contributed by atoms with Crippen molar-refractivity contribution in [2.75, 3.05) is 12.0 Å². The monoisotopic (exact) mass is 427 g/mol. The summed E-state index contributed by atoms with van der Waals surface area (Å²) in [5.74, 6) is 0.783. The lowest BCUT2D eigenvalue weighted by Crippen LogP contribution is -2.37. The molecule has 116 valence electrons. The molecule has 6 atom stereocenters. The van der Waals surface area contributed by atoms with Gasteiger partial charge < -0.3 is 4.74 Å². The van der Waals surface area contributed by atoms with Gasteiger partial charge in [0.25, 0.3) is 0 Å². The van der Waals surface area contributed by atoms with Gasteiger partial charge in [0, 0.05) is 9.65 Å². The van der Waals surface area contributed by atoms with Crippen LogP contribution in [0.25, 0.3) is 0 Å². The molecule has 1 aromatic rings. The summed E-state index contributed by atoms with van der Waals surface area (Å²) in [4.78, 5) is 27.6. The van der Waals surface area contributed by atoms with E-state index in [2.05, 4.69) is 31.9 Å². The summed E-state index contributed by atoms with van der Waals surface area (Å²) in [5, 5.41) is 0. The Hall–Kier alpha value is -0.880. The Bertz CT molecular complexity index is 615. The van der Waals surface area contributed by atoms with Crippen molar-refractivity contribution in [2.24, 2.45) is 23.7 Å². The lowest BCUT2D eigenvalue weighted by Gasteiger charge is -2.28. The van der Waals surface area contributed by atoms with Crippen molar-refractivity contribution in [3.63, 3.8) is 0 Å². The summed E-state index contributed by atoms with van der Waals surface area (Å²) in [6.07, 6.45) is 0.953. The Labute approximate surface area is 145 Å². The molecule has 0 unspecified atom stereocenters. The number of hydrogen-bond acceptors (Lipinski definition) is 3. The van der Waals surface area contributed by atoms with E-state index >= 15 is 0 Å². The van der Waals surface area contributed by atoms with Crippen LogP contribution >= 0.6 is 31.9 Å². The van der Waals surface area contributed by atoms with E-state index in [9.17, 15) is 9.59 Å². The molecule has 1 aliphatic heterocycles. The van der Waals surface area contributed by atoms with Crippen LogP contribution in [0.2, 0.25) is 0 Å². The molecule has 3 fully saturated rings. The first-order chi connectivity index (χ1) is 10.5. The molecule has 4 rings (SSSR count). The van der Waals surface area contributed by atoms with E-state index in [-0.39, 0.29) is 45.1 Å². The number of hydrogen-bond donors (Lipinski definition) is 0. The third kappa shape index (κ3) is 1.80. The highest BCUT2D eigenvalue weighted by Gasteiger charge is 2.66. The van der Waals surface area contributed by atoms with Gasteiger partial charge in [-0.05, 0) is 42.5 Å². The predicted molar refractivity (Wildman–Crippen MR) is 89.5 cm³/mol. The topological polar surface area (TPSA) is 46.6 Å². The van der Waals surface area contributed by atoms with Crippen LogP contribution in [0.3, 0.4) is 0 Å². The van der Waals surface area contributed by atoms with Crippen LogP contribution in [0.4, 0.5) is 5.69 Å². The van der Waals surface area contributed by atoms with Crippen molar-refractivity contribution >= 4 is 49.4 Å². The summed E-state index contributed by atoms with van der Waals surface area (Å²) in [6, 6.07) is 7.10. The summed E-state index contributed by atoms with van der Waals surface area (Å²) in [6.45, 7) is 0. The molecule has 2 amide bonds. The van der Waals surface area contributed by atoms with Gasteiger partial charge >= 0.3 is 0 Å². The number of halogens is 2. The molecule has 6 heteroatoms. The van der Waals surface area contributed by atoms with Crippen molar-refractivity contribution in [2.45, 2.75) is 16.1 Å². The van der Waals surface area contributed by atoms with Crippen LogP contribution in [0.15, 0.2) is 24.3 Å². The number of amides is 2. The molecule has 4 nitrogen and oxygen atoms in total. The zero-order valence-corrected chi connectivity index (χ0v) is 15.1. The fourth-order valence-corrected chi connectivity index (χ4v) is 6.21. The third-order valence-corrected chi connectivity index (χ3v) is 8.52. The second kappa shape index (κ2) is 5.06. The Kier molecular flexibility index (Phi) is 3.38. The number of alkyl halides is 2. The number of fused-ring (bicyclic) bond motifs is 5. The van der Waals surface area contributed by atoms with Crippen LogP contribution in [-0.2, 0) is 9.59 Å². The van der Waals surface area contributed by atoms with Gasteiger partial charge in [-0.15, -0.1) is 0 Å². The maximum absolute atomic E-state index is 12.8. The lowest BCUT2D eigenvalue weighted by atomic mass is 9.81. The second-order valence-corrected chi connectivity index (χ2v) is 8.33. The van der Waals surface area contributed by atoms with Gasteiger partial charge in [-0.2, -0.15) is 0 Å². The zero-order chi connectivity index (χ0) is 15.6. The molecule has 2 saturated carbocycles. The highest BCUT2D eigenvalue weighted by atomic mass is 79.9. The highest BCUT2D eigenvalue weighted by molar-refractivity contribution is 9.12. The van der Waals surface area contributed by atoms with Crippen molar-refractivity contribution in [1.29, 1.82) is 0 Å². The van der Waals surface area contributed by atoms with E-state index in [1.807, 2.05) is 0 Å². The molecule has 1 aromatic carbocycles. The second-order valence-electron chi connectivity index (χ2n) is 6.21. The van der Waals surface area contributed by atoms with Crippen LogP contribution in [0, 0.1) is 23.7 Å². The maximum atomic E-state index is 12.8. The minimum Gasteiger partial charge on any atom is -0.497 e. The first-order valence-corrected chi connectivity index (χ1v) is 9.17. The first kappa shape index (κ1) is 14.7. The SMILES string of the molecule is COc1ccc(N2C(=O)[C@@H]3[C@H]4C[C@@H]([C@H](Br)[C@H]4Br)[C@@H]3C2=O)cc1. The summed E-state index contributed by atoms with van der Waals surface area (Å²) < 4.78 is 5.13. The standard InChI is InChI=1S/C16H15Br2NO3/c1-22-8-4-2-7(3-5-8)19-15(20)11-9-6-10(12(11)16(19)21)14(18)13(9)17/h2-5,9-14H,6H2,1H3/t9-,10-,11-,12+,13+,14+/m1/s1. The normalized spacial score (nSPS) is 39.5. The molecule has 0 N–H and O–H groups in total. The fraction of sp³-hybridized carbons (Fsp3) is 0.500. The molecule has 2 bridgehead atoms. The minimum absolute atomic E-state index is 0.0449. The fourth-order valence-electron chi connectivity index (χ4n) is 4.33. The van der Waals surface area contributed by atoms with Gasteiger partial charge in [0.05, 0.1) is 24.6 Å². The summed E-state index contributed by atoms with van der Waals surface area (Å²) >= 11 is 7.39. The Morgan fingerprint density at radius 1 is 1.00 bits per heavy atom. The van der Waals surface area contributed by atoms with E-state index in [0.29, 0.717) is 11.4 Å². The summed E-state index contributed by atoms with van der Waals surface area (Å²) in [7, 11) is 1.59. The molecule has 3 aliphatic rings. The smallest absolute Gasteiger partial charge is 0.238 e. The maximum Gasteiger partial charge on any atom is 0.238 e. The molecule has 1 heterocycles. The number of methoxy groups -OCH3 is 1. The van der Waals surface area contributed by atoms with E-state index in [0.717, 1.165) is 6.42 Å². The van der Waals surface area contributed by atoms with Crippen LogP contribution in [-0.4, -0.2) is 28.6 Å². The quantitative estimate of drug-likeness (QED) is 0.537. The van der Waals surface area contributed by atoms with Gasteiger partial charge in [-0.3, -0.25) is 14.5 Å².